The number of carboxylic acids is 1. The SMILES string of the molecule is CCn1c(Sc2cc(OC)ccc2C(=O)O)n[nH]c1=O. The average Bonchev–Trinajstić information content (AvgIpc) is 2.78. The lowest BCUT2D eigenvalue weighted by Crippen LogP contribution is -2.16. The van der Waals surface area contributed by atoms with Crippen LogP contribution in [0.1, 0.15) is 17.3 Å². The van der Waals surface area contributed by atoms with Crippen LogP contribution >= 0.6 is 11.8 Å². The van der Waals surface area contributed by atoms with E-state index in [0.717, 1.165) is 11.8 Å². The molecule has 1 heterocycles. The largest absolute Gasteiger partial charge is 0.497 e. The van der Waals surface area contributed by atoms with E-state index in [1.807, 2.05) is 6.92 Å². The molecule has 0 bridgehead atoms. The van der Waals surface area contributed by atoms with Gasteiger partial charge in [-0.25, -0.2) is 14.7 Å². The molecule has 0 amide bonds. The standard InChI is InChI=1S/C12H13N3O4S/c1-3-15-11(18)13-14-12(15)20-9-6-7(19-2)4-5-8(9)10(16)17/h4-6H,3H2,1-2H3,(H,13,18)(H,16,17). The van der Waals surface area contributed by atoms with Gasteiger partial charge in [-0.3, -0.25) is 4.57 Å². The molecule has 0 aliphatic carbocycles. The fourth-order valence-corrected chi connectivity index (χ4v) is 2.70. The molecule has 2 rings (SSSR count). The van der Waals surface area contributed by atoms with E-state index in [9.17, 15) is 14.7 Å². The van der Waals surface area contributed by atoms with Crippen molar-refractivity contribution in [1.29, 1.82) is 0 Å². The van der Waals surface area contributed by atoms with E-state index >= 15 is 0 Å². The molecule has 0 atom stereocenters. The highest BCUT2D eigenvalue weighted by atomic mass is 32.2. The zero-order valence-corrected chi connectivity index (χ0v) is 11.7. The second-order valence-corrected chi connectivity index (χ2v) is 4.83. The number of methoxy groups -OCH3 is 1. The van der Waals surface area contributed by atoms with Crippen molar-refractivity contribution < 1.29 is 14.6 Å². The number of nitrogens with zero attached hydrogens (tertiary/aromatic N) is 2. The number of aromatic amines is 1. The maximum absolute atomic E-state index is 11.5. The van der Waals surface area contributed by atoms with Gasteiger partial charge in [-0.2, -0.15) is 0 Å². The van der Waals surface area contributed by atoms with Crippen LogP contribution in [0, 0.1) is 0 Å². The van der Waals surface area contributed by atoms with Gasteiger partial charge in [0.05, 0.1) is 12.7 Å². The van der Waals surface area contributed by atoms with Crippen molar-refractivity contribution in [3.05, 3.63) is 34.2 Å². The number of aromatic nitrogens is 3. The van der Waals surface area contributed by atoms with Crippen molar-refractivity contribution in [3.63, 3.8) is 0 Å². The Bertz CT molecular complexity index is 692. The predicted molar refractivity (Wildman–Crippen MR) is 72.6 cm³/mol. The summed E-state index contributed by atoms with van der Waals surface area (Å²) in [5.41, 5.74) is -0.191. The predicted octanol–water partition coefficient (Wildman–Crippen LogP) is 1.45. The number of H-pyrrole nitrogens is 1. The van der Waals surface area contributed by atoms with Gasteiger partial charge in [0.15, 0.2) is 5.16 Å². The van der Waals surface area contributed by atoms with Crippen LogP contribution in [0.4, 0.5) is 0 Å². The van der Waals surface area contributed by atoms with E-state index in [4.69, 9.17) is 4.74 Å². The summed E-state index contributed by atoms with van der Waals surface area (Å²) >= 11 is 1.10. The second-order valence-electron chi connectivity index (χ2n) is 3.82. The number of hydrogen-bond acceptors (Lipinski definition) is 5. The molecule has 7 nitrogen and oxygen atoms in total. The number of carboxylic acid groups (broad SMARTS) is 1. The third-order valence-corrected chi connectivity index (χ3v) is 3.71. The van der Waals surface area contributed by atoms with Crippen LogP contribution in [0.25, 0.3) is 0 Å². The van der Waals surface area contributed by atoms with E-state index in [1.165, 1.54) is 17.7 Å². The molecule has 8 heteroatoms. The van der Waals surface area contributed by atoms with Crippen LogP contribution in [0.5, 0.6) is 5.75 Å². The van der Waals surface area contributed by atoms with Crippen LogP contribution in [-0.4, -0.2) is 33.0 Å². The number of nitrogens with one attached hydrogen (secondary N) is 1. The summed E-state index contributed by atoms with van der Waals surface area (Å²) in [7, 11) is 1.50. The van der Waals surface area contributed by atoms with Crippen molar-refractivity contribution in [2.24, 2.45) is 0 Å². The molecule has 1 aromatic carbocycles. The summed E-state index contributed by atoms with van der Waals surface area (Å²) < 4.78 is 6.51. The van der Waals surface area contributed by atoms with Crippen molar-refractivity contribution in [2.75, 3.05) is 7.11 Å². The quantitative estimate of drug-likeness (QED) is 0.866. The van der Waals surface area contributed by atoms with Gasteiger partial charge in [-0.1, -0.05) is 0 Å². The molecule has 2 aromatic rings. The van der Waals surface area contributed by atoms with Gasteiger partial charge >= 0.3 is 11.7 Å². The molecule has 0 saturated carbocycles. The second kappa shape index (κ2) is 5.83. The highest BCUT2D eigenvalue weighted by Gasteiger charge is 2.16. The van der Waals surface area contributed by atoms with Crippen LogP contribution in [0.2, 0.25) is 0 Å². The third-order valence-electron chi connectivity index (χ3n) is 2.66. The zero-order chi connectivity index (χ0) is 14.7. The summed E-state index contributed by atoms with van der Waals surface area (Å²) in [5, 5.41) is 15.8. The first-order valence-electron chi connectivity index (χ1n) is 5.81. The Morgan fingerprint density at radius 1 is 1.55 bits per heavy atom. The Morgan fingerprint density at radius 3 is 2.90 bits per heavy atom. The number of rotatable bonds is 5. The van der Waals surface area contributed by atoms with Crippen LogP contribution in [0.15, 0.2) is 33.0 Å². The van der Waals surface area contributed by atoms with Crippen molar-refractivity contribution in [1.82, 2.24) is 14.8 Å². The maximum Gasteiger partial charge on any atom is 0.343 e. The lowest BCUT2D eigenvalue weighted by molar-refractivity contribution is 0.0693. The minimum absolute atomic E-state index is 0.133. The van der Waals surface area contributed by atoms with E-state index in [1.54, 1.807) is 12.1 Å². The van der Waals surface area contributed by atoms with Crippen LogP contribution in [0.3, 0.4) is 0 Å². The van der Waals surface area contributed by atoms with Crippen LogP contribution < -0.4 is 10.4 Å². The van der Waals surface area contributed by atoms with Crippen molar-refractivity contribution in [2.45, 2.75) is 23.5 Å². The van der Waals surface area contributed by atoms with Crippen molar-refractivity contribution >= 4 is 17.7 Å². The number of ether oxygens (including phenoxy) is 1. The normalized spacial score (nSPS) is 10.5. The van der Waals surface area contributed by atoms with E-state index in [0.29, 0.717) is 22.3 Å². The summed E-state index contributed by atoms with van der Waals surface area (Å²) in [6, 6.07) is 4.64. The highest BCUT2D eigenvalue weighted by Crippen LogP contribution is 2.31. The topological polar surface area (TPSA) is 97.2 Å². The van der Waals surface area contributed by atoms with Gasteiger partial charge in [0, 0.05) is 11.4 Å². The van der Waals surface area contributed by atoms with Gasteiger partial charge in [0.25, 0.3) is 0 Å². The van der Waals surface area contributed by atoms with Gasteiger partial charge in [0.1, 0.15) is 5.75 Å². The average molecular weight is 295 g/mol. The fraction of sp³-hybridized carbons (Fsp3) is 0.250. The van der Waals surface area contributed by atoms with Crippen molar-refractivity contribution in [3.8, 4) is 5.75 Å². The lowest BCUT2D eigenvalue weighted by Gasteiger charge is -2.08. The van der Waals surface area contributed by atoms with E-state index in [2.05, 4.69) is 10.2 Å². The molecule has 2 N–H and O–H groups in total. The van der Waals surface area contributed by atoms with E-state index in [-0.39, 0.29) is 11.3 Å². The molecule has 106 valence electrons. The number of aromatic carboxylic acids is 1. The Labute approximate surface area is 118 Å². The van der Waals surface area contributed by atoms with Gasteiger partial charge < -0.3 is 9.84 Å². The molecular weight excluding hydrogens is 282 g/mol. The minimum atomic E-state index is -1.05. The first-order chi connectivity index (χ1) is 9.56. The summed E-state index contributed by atoms with van der Waals surface area (Å²) in [5.74, 6) is -0.505. The first kappa shape index (κ1) is 14.2. The van der Waals surface area contributed by atoms with Crippen LogP contribution in [-0.2, 0) is 6.54 Å². The number of benzene rings is 1. The Morgan fingerprint density at radius 2 is 2.30 bits per heavy atom. The molecule has 0 saturated heterocycles. The molecule has 0 unspecified atom stereocenters. The van der Waals surface area contributed by atoms with Gasteiger partial charge in [-0.15, -0.1) is 5.10 Å². The Hall–Kier alpha value is -2.22. The molecular formula is C12H13N3O4S. The first-order valence-corrected chi connectivity index (χ1v) is 6.62. The Kier molecular flexibility index (Phi) is 4.14. The third kappa shape index (κ3) is 2.69. The molecule has 1 aromatic heterocycles. The molecule has 20 heavy (non-hydrogen) atoms. The van der Waals surface area contributed by atoms with E-state index < -0.39 is 5.97 Å². The zero-order valence-electron chi connectivity index (χ0n) is 10.9. The van der Waals surface area contributed by atoms with Gasteiger partial charge in [-0.05, 0) is 36.9 Å². The molecule has 0 radical (unpaired) electrons. The minimum Gasteiger partial charge on any atom is -0.497 e. The Balaban J connectivity index is 2.45. The smallest absolute Gasteiger partial charge is 0.343 e. The monoisotopic (exact) mass is 295 g/mol. The lowest BCUT2D eigenvalue weighted by atomic mass is 10.2. The number of hydrogen-bond donors (Lipinski definition) is 2. The maximum atomic E-state index is 11.5. The fourth-order valence-electron chi connectivity index (χ4n) is 1.65. The van der Waals surface area contributed by atoms with Gasteiger partial charge in [0.2, 0.25) is 0 Å². The molecule has 0 spiro atoms. The number of carbonyl (C=O) groups is 1. The summed E-state index contributed by atoms with van der Waals surface area (Å²) in [4.78, 5) is 23.2. The highest BCUT2D eigenvalue weighted by molar-refractivity contribution is 7.99. The molecule has 0 fully saturated rings. The summed E-state index contributed by atoms with van der Waals surface area (Å²) in [6.07, 6.45) is 0. The molecule has 0 aliphatic rings. The molecule has 0 aliphatic heterocycles. The summed E-state index contributed by atoms with van der Waals surface area (Å²) in [6.45, 7) is 2.26.